The molecule has 0 N–H and O–H groups in total. The minimum atomic E-state index is -1.34. The SMILES string of the molecule is CC(C)Cc1cc(-c2[c-]cccc2)ncc1[Si](C)(C)C.Cc1cc(-c2ccccc2)cc(C)c1-c1ccc2c(n1)oc1c(-c3cc(C(C)(C)C)ccn3)[c-]ccc12.[Ir]. The van der Waals surface area contributed by atoms with Crippen LogP contribution in [-0.2, 0) is 31.9 Å². The molecule has 1 radical (unpaired) electrons. The predicted molar refractivity (Wildman–Crippen MR) is 243 cm³/mol. The van der Waals surface area contributed by atoms with E-state index in [1.807, 2.05) is 42.6 Å². The zero-order chi connectivity index (χ0) is 40.5. The smallest absolute Gasteiger partial charge is 0.216 e. The molecule has 58 heavy (non-hydrogen) atoms. The molecule has 0 aliphatic carbocycles. The molecule has 0 saturated carbocycles. The molecule has 0 bridgehead atoms. The Morgan fingerprint density at radius 3 is 2.09 bits per heavy atom. The van der Waals surface area contributed by atoms with Gasteiger partial charge in [0.25, 0.3) is 0 Å². The second-order valence-electron chi connectivity index (χ2n) is 17.6. The van der Waals surface area contributed by atoms with Crippen molar-refractivity contribution in [1.29, 1.82) is 0 Å². The summed E-state index contributed by atoms with van der Waals surface area (Å²) in [4.78, 5) is 14.3. The Morgan fingerprint density at radius 1 is 0.707 bits per heavy atom. The van der Waals surface area contributed by atoms with Crippen LogP contribution in [0.3, 0.4) is 0 Å². The van der Waals surface area contributed by atoms with Crippen LogP contribution in [0.4, 0.5) is 0 Å². The van der Waals surface area contributed by atoms with Crippen LogP contribution in [0.1, 0.15) is 56.9 Å². The summed E-state index contributed by atoms with van der Waals surface area (Å²) in [6.45, 7) is 22.7. The molecule has 0 amide bonds. The van der Waals surface area contributed by atoms with Crippen molar-refractivity contribution < 1.29 is 24.5 Å². The summed E-state index contributed by atoms with van der Waals surface area (Å²) in [5.41, 5.74) is 14.9. The van der Waals surface area contributed by atoms with Gasteiger partial charge in [-0.3, -0.25) is 0 Å². The fourth-order valence-corrected chi connectivity index (χ4v) is 9.22. The van der Waals surface area contributed by atoms with Gasteiger partial charge in [0.1, 0.15) is 0 Å². The predicted octanol–water partition coefficient (Wildman–Crippen LogP) is 13.4. The molecule has 297 valence electrons. The summed E-state index contributed by atoms with van der Waals surface area (Å²) in [5, 5.41) is 3.52. The normalized spacial score (nSPS) is 11.7. The summed E-state index contributed by atoms with van der Waals surface area (Å²) < 4.78 is 6.42. The maximum atomic E-state index is 6.42. The first-order valence-corrected chi connectivity index (χ1v) is 23.5. The molecular weight excluding hydrogens is 903 g/mol. The van der Waals surface area contributed by atoms with E-state index in [1.54, 1.807) is 0 Å². The minimum Gasteiger partial charge on any atom is -0.486 e. The molecule has 8 rings (SSSR count). The van der Waals surface area contributed by atoms with Gasteiger partial charge >= 0.3 is 0 Å². The van der Waals surface area contributed by atoms with Crippen molar-refractivity contribution in [3.8, 4) is 44.9 Å². The first kappa shape index (κ1) is 42.6. The number of pyridine rings is 3. The average molecular weight is 956 g/mol. The average Bonchev–Trinajstić information content (AvgIpc) is 3.56. The van der Waals surface area contributed by atoms with E-state index in [9.17, 15) is 0 Å². The van der Waals surface area contributed by atoms with Gasteiger partial charge in [0.05, 0.1) is 19.4 Å². The fourth-order valence-electron chi connectivity index (χ4n) is 7.63. The number of furan rings is 1. The second-order valence-corrected chi connectivity index (χ2v) is 22.7. The van der Waals surface area contributed by atoms with Gasteiger partial charge in [0.15, 0.2) is 0 Å². The molecule has 4 heterocycles. The van der Waals surface area contributed by atoms with Gasteiger partial charge < -0.3 is 14.4 Å². The third-order valence-electron chi connectivity index (χ3n) is 10.5. The molecule has 4 aromatic heterocycles. The van der Waals surface area contributed by atoms with E-state index in [2.05, 4.69) is 169 Å². The molecule has 0 fully saturated rings. The number of aromatic nitrogens is 3. The standard InChI is InChI=1S/C34H29N2O.C18H24NSi.Ir/c1-21-18-24(23-10-7-6-8-11-23)19-22(2)31(21)29-15-14-27-26-12-9-13-28(32(26)37-33(27)36-29)30-20-25(16-17-35-30)34(3,4)5;1-14(2)11-16-12-17(15-9-7-6-8-10-15)19-13-18(16)20(3,4)5;/h6-12,14-20H,1-5H3;6-9,12-14H,11H2,1-5H3;/q2*-1;. The minimum absolute atomic E-state index is 0. The van der Waals surface area contributed by atoms with Gasteiger partial charge in [-0.2, -0.15) is 0 Å². The molecule has 0 spiro atoms. The number of hydrogen-bond donors (Lipinski definition) is 0. The Labute approximate surface area is 359 Å². The van der Waals surface area contributed by atoms with E-state index in [-0.39, 0.29) is 25.5 Å². The van der Waals surface area contributed by atoms with Crippen molar-refractivity contribution in [1.82, 2.24) is 15.0 Å². The molecule has 0 saturated heterocycles. The second kappa shape index (κ2) is 17.5. The van der Waals surface area contributed by atoms with Crippen molar-refractivity contribution in [2.24, 2.45) is 5.92 Å². The Balaban J connectivity index is 0.000000230. The van der Waals surface area contributed by atoms with Crippen molar-refractivity contribution in [2.45, 2.75) is 79.9 Å². The van der Waals surface area contributed by atoms with Crippen LogP contribution in [0, 0.1) is 31.9 Å². The topological polar surface area (TPSA) is 51.8 Å². The first-order valence-electron chi connectivity index (χ1n) is 20.0. The number of fused-ring (bicyclic) bond motifs is 3. The molecule has 8 aromatic rings. The molecule has 4 aromatic carbocycles. The van der Waals surface area contributed by atoms with E-state index in [0.29, 0.717) is 11.6 Å². The molecule has 0 unspecified atom stereocenters. The van der Waals surface area contributed by atoms with E-state index in [0.717, 1.165) is 56.5 Å². The van der Waals surface area contributed by atoms with Gasteiger partial charge in [-0.25, -0.2) is 4.98 Å². The number of rotatable bonds is 7. The maximum Gasteiger partial charge on any atom is 0.216 e. The summed E-state index contributed by atoms with van der Waals surface area (Å²) in [6.07, 6.45) is 5.11. The fraction of sp³-hybridized carbons (Fsp3) is 0.250. The van der Waals surface area contributed by atoms with Gasteiger partial charge in [-0.1, -0.05) is 125 Å². The number of benzene rings is 4. The van der Waals surface area contributed by atoms with Crippen LogP contribution in [0.5, 0.6) is 0 Å². The Kier molecular flexibility index (Phi) is 12.8. The van der Waals surface area contributed by atoms with Gasteiger partial charge in [0.2, 0.25) is 5.71 Å². The number of hydrogen-bond acceptors (Lipinski definition) is 4. The van der Waals surface area contributed by atoms with Crippen LogP contribution in [0.25, 0.3) is 67.0 Å². The van der Waals surface area contributed by atoms with Crippen molar-refractivity contribution in [3.05, 3.63) is 156 Å². The van der Waals surface area contributed by atoms with Gasteiger partial charge in [-0.15, -0.1) is 54.1 Å². The van der Waals surface area contributed by atoms with Crippen LogP contribution in [0.2, 0.25) is 19.6 Å². The first-order chi connectivity index (χ1) is 27.2. The Hall–Kier alpha value is -5.00. The van der Waals surface area contributed by atoms with Crippen LogP contribution in [0.15, 0.2) is 126 Å². The van der Waals surface area contributed by atoms with Gasteiger partial charge in [0, 0.05) is 43.4 Å². The van der Waals surface area contributed by atoms with Crippen molar-refractivity contribution in [2.75, 3.05) is 0 Å². The third-order valence-corrected chi connectivity index (χ3v) is 12.6. The molecular formula is C52H53IrN3OSi-2. The van der Waals surface area contributed by atoms with E-state index in [4.69, 9.17) is 9.40 Å². The molecule has 0 aliphatic rings. The maximum absolute atomic E-state index is 6.42. The van der Waals surface area contributed by atoms with E-state index < -0.39 is 8.07 Å². The summed E-state index contributed by atoms with van der Waals surface area (Å²) in [5.74, 6) is 0.667. The Morgan fingerprint density at radius 2 is 1.43 bits per heavy atom. The van der Waals surface area contributed by atoms with Crippen LogP contribution >= 0.6 is 0 Å². The summed E-state index contributed by atoms with van der Waals surface area (Å²) in [7, 11) is -1.34. The third kappa shape index (κ3) is 9.31. The zero-order valence-electron chi connectivity index (χ0n) is 35.4. The Bertz CT molecular complexity index is 2650. The quantitative estimate of drug-likeness (QED) is 0.118. The van der Waals surface area contributed by atoms with Gasteiger partial charge in [-0.05, 0) is 94.2 Å². The van der Waals surface area contributed by atoms with E-state index in [1.165, 1.54) is 38.6 Å². The molecule has 6 heteroatoms. The van der Waals surface area contributed by atoms with Crippen LogP contribution in [-0.4, -0.2) is 23.0 Å². The van der Waals surface area contributed by atoms with Crippen molar-refractivity contribution >= 4 is 35.3 Å². The molecule has 0 atom stereocenters. The largest absolute Gasteiger partial charge is 0.486 e. The zero-order valence-corrected chi connectivity index (χ0v) is 38.8. The van der Waals surface area contributed by atoms with E-state index >= 15 is 0 Å². The van der Waals surface area contributed by atoms with Crippen molar-refractivity contribution in [3.63, 3.8) is 0 Å². The summed E-state index contributed by atoms with van der Waals surface area (Å²) >= 11 is 0. The number of aryl methyl sites for hydroxylation is 2. The molecule has 4 nitrogen and oxygen atoms in total. The number of nitrogens with zero attached hydrogens (tertiary/aromatic N) is 3. The summed E-state index contributed by atoms with van der Waals surface area (Å²) in [6, 6.07) is 44.4. The van der Waals surface area contributed by atoms with Crippen LogP contribution < -0.4 is 5.19 Å². The monoisotopic (exact) mass is 956 g/mol. The molecule has 0 aliphatic heterocycles.